The predicted molar refractivity (Wildman–Crippen MR) is 90.1 cm³/mol. The van der Waals surface area contributed by atoms with E-state index in [1.807, 2.05) is 6.07 Å². The summed E-state index contributed by atoms with van der Waals surface area (Å²) in [6.45, 7) is 0.00493. The first-order chi connectivity index (χ1) is 11.8. The van der Waals surface area contributed by atoms with Gasteiger partial charge in [0, 0.05) is 0 Å². The van der Waals surface area contributed by atoms with E-state index in [9.17, 15) is 17.6 Å². The molecule has 2 N–H and O–H groups in total. The second kappa shape index (κ2) is 8.59. The first kappa shape index (κ1) is 18.9. The van der Waals surface area contributed by atoms with E-state index in [0.717, 1.165) is 5.56 Å². The number of alkyl carbamates (subject to hydrolysis) is 1. The lowest BCUT2D eigenvalue weighted by Crippen LogP contribution is -2.41. The third-order valence-corrected chi connectivity index (χ3v) is 4.19. The van der Waals surface area contributed by atoms with Gasteiger partial charge in [0.05, 0.1) is 11.8 Å². The van der Waals surface area contributed by atoms with Crippen molar-refractivity contribution in [2.75, 3.05) is 5.75 Å². The van der Waals surface area contributed by atoms with Crippen molar-refractivity contribution in [2.45, 2.75) is 19.1 Å². The van der Waals surface area contributed by atoms with Crippen LogP contribution in [0.3, 0.4) is 0 Å². The summed E-state index contributed by atoms with van der Waals surface area (Å²) in [5.41, 5.74) is 0.984. The molecule has 0 radical (unpaired) electrons. The molecule has 0 saturated carbocycles. The second-order valence-corrected chi connectivity index (χ2v) is 6.94. The Balaban J connectivity index is 2.00. The highest BCUT2D eigenvalue weighted by Crippen LogP contribution is 2.11. The zero-order valence-electron chi connectivity index (χ0n) is 13.3. The molecule has 2 rings (SSSR count). The molecule has 1 atom stereocenters. The molecule has 6 nitrogen and oxygen atoms in total. The van der Waals surface area contributed by atoms with Crippen LogP contribution < -0.4 is 5.32 Å². The summed E-state index contributed by atoms with van der Waals surface area (Å²) in [4.78, 5) is 11.9. The molecule has 0 bridgehead atoms. The normalized spacial score (nSPS) is 12.4. The summed E-state index contributed by atoms with van der Waals surface area (Å²) < 4.78 is 50.1. The first-order valence-corrected chi connectivity index (χ1v) is 9.10. The third-order valence-electron chi connectivity index (χ3n) is 3.37. The third kappa shape index (κ3) is 6.90. The number of carbonyl (C=O) groups excluding carboxylic acids is 1. The molecule has 0 aromatic heterocycles. The monoisotopic (exact) mass is 367 g/mol. The molecule has 134 valence electrons. The fraction of sp³-hybridized carbons (Fsp3) is 0.235. The van der Waals surface area contributed by atoms with Gasteiger partial charge in [-0.2, -0.15) is 8.42 Å². The molecule has 0 aliphatic carbocycles. The van der Waals surface area contributed by atoms with Crippen LogP contribution in [-0.4, -0.2) is 30.9 Å². The van der Waals surface area contributed by atoms with Gasteiger partial charge in [0.1, 0.15) is 12.4 Å². The zero-order valence-corrected chi connectivity index (χ0v) is 14.1. The minimum absolute atomic E-state index is 0.00493. The second-order valence-electron chi connectivity index (χ2n) is 5.45. The van der Waals surface area contributed by atoms with E-state index < -0.39 is 33.8 Å². The first-order valence-electron chi connectivity index (χ1n) is 7.49. The average Bonchev–Trinajstić information content (AvgIpc) is 2.54. The largest absolute Gasteiger partial charge is 0.445 e. The van der Waals surface area contributed by atoms with Gasteiger partial charge in [-0.3, -0.25) is 4.55 Å². The SMILES string of the molecule is O=C(N[C@H](Cc1ccccc1F)CS(=O)(=O)O)OCc1ccccc1. The van der Waals surface area contributed by atoms with E-state index in [4.69, 9.17) is 9.29 Å². The number of benzene rings is 2. The van der Waals surface area contributed by atoms with Gasteiger partial charge in [-0.1, -0.05) is 48.5 Å². The van der Waals surface area contributed by atoms with Crippen molar-refractivity contribution in [1.82, 2.24) is 5.32 Å². The van der Waals surface area contributed by atoms with E-state index in [1.54, 1.807) is 30.3 Å². The molecule has 2 aromatic carbocycles. The Kier molecular flexibility index (Phi) is 6.49. The highest BCUT2D eigenvalue weighted by Gasteiger charge is 2.21. The van der Waals surface area contributed by atoms with E-state index in [2.05, 4.69) is 5.32 Å². The smallest absolute Gasteiger partial charge is 0.407 e. The van der Waals surface area contributed by atoms with Gasteiger partial charge in [0.15, 0.2) is 0 Å². The van der Waals surface area contributed by atoms with Gasteiger partial charge in [-0.25, -0.2) is 9.18 Å². The van der Waals surface area contributed by atoms with E-state index >= 15 is 0 Å². The van der Waals surface area contributed by atoms with E-state index in [1.165, 1.54) is 18.2 Å². The van der Waals surface area contributed by atoms with Crippen LogP contribution >= 0.6 is 0 Å². The molecular weight excluding hydrogens is 349 g/mol. The van der Waals surface area contributed by atoms with Crippen molar-refractivity contribution in [2.24, 2.45) is 0 Å². The number of ether oxygens (including phenoxy) is 1. The van der Waals surface area contributed by atoms with Gasteiger partial charge in [-0.05, 0) is 23.6 Å². The van der Waals surface area contributed by atoms with Gasteiger partial charge < -0.3 is 10.1 Å². The van der Waals surface area contributed by atoms with Crippen molar-refractivity contribution in [1.29, 1.82) is 0 Å². The molecule has 8 heteroatoms. The minimum Gasteiger partial charge on any atom is -0.445 e. The van der Waals surface area contributed by atoms with Crippen LogP contribution in [0.15, 0.2) is 54.6 Å². The lowest BCUT2D eigenvalue weighted by molar-refractivity contribution is 0.136. The number of rotatable bonds is 7. The topological polar surface area (TPSA) is 92.7 Å². The van der Waals surface area contributed by atoms with Crippen LogP contribution in [0.4, 0.5) is 9.18 Å². The van der Waals surface area contributed by atoms with E-state index in [-0.39, 0.29) is 18.6 Å². The molecule has 25 heavy (non-hydrogen) atoms. The summed E-state index contributed by atoms with van der Waals surface area (Å²) in [6.07, 6.45) is -0.957. The van der Waals surface area contributed by atoms with Crippen molar-refractivity contribution in [3.63, 3.8) is 0 Å². The lowest BCUT2D eigenvalue weighted by atomic mass is 10.1. The van der Waals surface area contributed by atoms with Crippen LogP contribution in [0.1, 0.15) is 11.1 Å². The van der Waals surface area contributed by atoms with Gasteiger partial charge >= 0.3 is 6.09 Å². The van der Waals surface area contributed by atoms with E-state index in [0.29, 0.717) is 0 Å². The Morgan fingerprint density at radius 2 is 1.76 bits per heavy atom. The number of hydrogen-bond donors (Lipinski definition) is 2. The van der Waals surface area contributed by atoms with Gasteiger partial charge in [0.2, 0.25) is 0 Å². The molecule has 0 heterocycles. The van der Waals surface area contributed by atoms with Crippen LogP contribution in [0, 0.1) is 5.82 Å². The van der Waals surface area contributed by atoms with Crippen molar-refractivity contribution in [3.8, 4) is 0 Å². The Bertz CT molecular complexity index is 811. The summed E-state index contributed by atoms with van der Waals surface area (Å²) in [5, 5.41) is 2.35. The fourth-order valence-corrected chi connectivity index (χ4v) is 2.98. The fourth-order valence-electron chi connectivity index (χ4n) is 2.27. The standard InChI is InChI=1S/C17H18FNO5S/c18-16-9-5-4-8-14(16)10-15(12-25(21,22)23)19-17(20)24-11-13-6-2-1-3-7-13/h1-9,15H,10-12H2,(H,19,20)(H,21,22,23)/t15-/m1/s1. The summed E-state index contributed by atoms with van der Waals surface area (Å²) >= 11 is 0. The highest BCUT2D eigenvalue weighted by atomic mass is 32.2. The quantitative estimate of drug-likeness (QED) is 0.734. The number of hydrogen-bond acceptors (Lipinski definition) is 4. The molecule has 0 saturated heterocycles. The zero-order chi connectivity index (χ0) is 18.3. The van der Waals surface area contributed by atoms with Gasteiger partial charge in [0.25, 0.3) is 10.1 Å². The van der Waals surface area contributed by atoms with Crippen LogP contribution in [0.25, 0.3) is 0 Å². The molecular formula is C17H18FNO5S. The Labute approximate surface area is 145 Å². The van der Waals surface area contributed by atoms with Crippen LogP contribution in [0.2, 0.25) is 0 Å². The molecule has 0 spiro atoms. The number of amides is 1. The molecule has 1 amide bonds. The maximum atomic E-state index is 13.7. The Hall–Kier alpha value is -2.45. The van der Waals surface area contributed by atoms with Crippen molar-refractivity contribution >= 4 is 16.2 Å². The van der Waals surface area contributed by atoms with Crippen LogP contribution in [-0.2, 0) is 27.9 Å². The molecule has 0 aliphatic rings. The molecule has 0 aliphatic heterocycles. The molecule has 2 aromatic rings. The van der Waals surface area contributed by atoms with Crippen molar-refractivity contribution in [3.05, 3.63) is 71.5 Å². The average molecular weight is 367 g/mol. The van der Waals surface area contributed by atoms with Gasteiger partial charge in [-0.15, -0.1) is 0 Å². The number of nitrogens with one attached hydrogen (secondary N) is 1. The Morgan fingerprint density at radius 1 is 1.12 bits per heavy atom. The van der Waals surface area contributed by atoms with Crippen LogP contribution in [0.5, 0.6) is 0 Å². The maximum Gasteiger partial charge on any atom is 0.407 e. The Morgan fingerprint density at radius 3 is 2.40 bits per heavy atom. The maximum absolute atomic E-state index is 13.7. The summed E-state index contributed by atoms with van der Waals surface area (Å²) in [5.74, 6) is -1.27. The van der Waals surface area contributed by atoms with Crippen molar-refractivity contribution < 1.29 is 26.9 Å². The molecule has 0 fully saturated rings. The predicted octanol–water partition coefficient (Wildman–Crippen LogP) is 2.55. The summed E-state index contributed by atoms with van der Waals surface area (Å²) in [6, 6.07) is 13.7. The lowest BCUT2D eigenvalue weighted by Gasteiger charge is -2.17. The minimum atomic E-state index is -4.36. The highest BCUT2D eigenvalue weighted by molar-refractivity contribution is 7.85. The number of halogens is 1. The number of carbonyl (C=O) groups is 1. The summed E-state index contributed by atoms with van der Waals surface area (Å²) in [7, 11) is -4.36. The molecule has 0 unspecified atom stereocenters.